The predicted molar refractivity (Wildman–Crippen MR) is 72.8 cm³/mol. The summed E-state index contributed by atoms with van der Waals surface area (Å²) in [5, 5.41) is 0. The molecule has 0 bridgehead atoms. The first-order valence-electron chi connectivity index (χ1n) is 5.83. The molecule has 3 aromatic rings. The first-order valence-corrected chi connectivity index (χ1v) is 5.83. The number of aromatic nitrogens is 3. The summed E-state index contributed by atoms with van der Waals surface area (Å²) in [4.78, 5) is 8.93. The largest absolute Gasteiger partial charge is 0.399 e. The Morgan fingerprint density at radius 2 is 2.00 bits per heavy atom. The van der Waals surface area contributed by atoms with Crippen molar-refractivity contribution in [2.24, 2.45) is 0 Å². The van der Waals surface area contributed by atoms with Crippen molar-refractivity contribution in [1.82, 2.24) is 14.5 Å². The molecule has 0 amide bonds. The highest BCUT2D eigenvalue weighted by atomic mass is 15.1. The summed E-state index contributed by atoms with van der Waals surface area (Å²) >= 11 is 0. The second-order valence-electron chi connectivity index (χ2n) is 4.39. The van der Waals surface area contributed by atoms with E-state index in [-0.39, 0.29) is 0 Å². The molecule has 4 heteroatoms. The van der Waals surface area contributed by atoms with E-state index in [0.29, 0.717) is 0 Å². The summed E-state index contributed by atoms with van der Waals surface area (Å²) in [6.45, 7) is 4.04. The third-order valence-electron chi connectivity index (χ3n) is 3.06. The smallest absolute Gasteiger partial charge is 0.164 e. The van der Waals surface area contributed by atoms with E-state index in [0.717, 1.165) is 33.9 Å². The lowest BCUT2D eigenvalue weighted by molar-refractivity contribution is 0.977. The number of fused-ring (bicyclic) bond motifs is 1. The maximum Gasteiger partial charge on any atom is 0.164 e. The normalized spacial score (nSPS) is 11.0. The number of imidazole rings is 1. The Bertz CT molecular complexity index is 728. The number of hydrogen-bond acceptors (Lipinski definition) is 3. The molecule has 0 saturated heterocycles. The number of aryl methyl sites for hydroxylation is 2. The standard InChI is InChI=1S/C14H14N4/c1-9-5-6-11(15)8-13(9)18-10(2)17-12-4-3-7-16-14(12)18/h3-8H,15H2,1-2H3. The minimum atomic E-state index is 0.743. The van der Waals surface area contributed by atoms with Gasteiger partial charge >= 0.3 is 0 Å². The summed E-state index contributed by atoms with van der Waals surface area (Å²) in [7, 11) is 0. The Morgan fingerprint density at radius 3 is 2.83 bits per heavy atom. The van der Waals surface area contributed by atoms with Crippen LogP contribution in [0.3, 0.4) is 0 Å². The van der Waals surface area contributed by atoms with Gasteiger partial charge in [0, 0.05) is 11.9 Å². The van der Waals surface area contributed by atoms with Crippen LogP contribution in [0.4, 0.5) is 5.69 Å². The average molecular weight is 238 g/mol. The summed E-state index contributed by atoms with van der Waals surface area (Å²) in [5.41, 5.74) is 10.6. The Hall–Kier alpha value is -2.36. The first-order chi connectivity index (χ1) is 8.66. The van der Waals surface area contributed by atoms with E-state index >= 15 is 0 Å². The Kier molecular flexibility index (Phi) is 2.30. The van der Waals surface area contributed by atoms with Gasteiger partial charge in [-0.25, -0.2) is 9.97 Å². The van der Waals surface area contributed by atoms with Crippen LogP contribution in [0.25, 0.3) is 16.9 Å². The molecule has 0 saturated carbocycles. The molecule has 0 radical (unpaired) electrons. The van der Waals surface area contributed by atoms with Crippen molar-refractivity contribution in [3.8, 4) is 5.69 Å². The lowest BCUT2D eigenvalue weighted by atomic mass is 10.2. The number of benzene rings is 1. The fraction of sp³-hybridized carbons (Fsp3) is 0.143. The highest BCUT2D eigenvalue weighted by Gasteiger charge is 2.11. The Balaban J connectivity index is 2.37. The van der Waals surface area contributed by atoms with Crippen molar-refractivity contribution >= 4 is 16.9 Å². The van der Waals surface area contributed by atoms with Crippen LogP contribution in [0.5, 0.6) is 0 Å². The van der Waals surface area contributed by atoms with E-state index in [1.165, 1.54) is 0 Å². The minimum Gasteiger partial charge on any atom is -0.399 e. The lowest BCUT2D eigenvalue weighted by Gasteiger charge is -2.10. The van der Waals surface area contributed by atoms with E-state index in [1.807, 2.05) is 41.8 Å². The number of nitrogens with zero attached hydrogens (tertiary/aromatic N) is 3. The number of hydrogen-bond donors (Lipinski definition) is 1. The maximum atomic E-state index is 5.87. The van der Waals surface area contributed by atoms with E-state index in [9.17, 15) is 0 Å². The molecule has 0 aliphatic rings. The average Bonchev–Trinajstić information content (AvgIpc) is 2.68. The van der Waals surface area contributed by atoms with Gasteiger partial charge < -0.3 is 5.73 Å². The quantitative estimate of drug-likeness (QED) is 0.663. The Labute approximate surface area is 105 Å². The number of anilines is 1. The third kappa shape index (κ3) is 1.54. The molecule has 2 N–H and O–H groups in total. The predicted octanol–water partition coefficient (Wildman–Crippen LogP) is 2.62. The summed E-state index contributed by atoms with van der Waals surface area (Å²) in [5.74, 6) is 0.914. The van der Waals surface area contributed by atoms with Crippen molar-refractivity contribution in [2.75, 3.05) is 5.73 Å². The van der Waals surface area contributed by atoms with E-state index in [4.69, 9.17) is 5.73 Å². The van der Waals surface area contributed by atoms with Crippen LogP contribution in [0.2, 0.25) is 0 Å². The van der Waals surface area contributed by atoms with Crippen LogP contribution in [-0.4, -0.2) is 14.5 Å². The molecule has 1 aromatic carbocycles. The van der Waals surface area contributed by atoms with Crippen molar-refractivity contribution in [3.63, 3.8) is 0 Å². The zero-order chi connectivity index (χ0) is 12.7. The van der Waals surface area contributed by atoms with Gasteiger partial charge in [-0.05, 0) is 43.7 Å². The SMILES string of the molecule is Cc1ccc(N)cc1-n1c(C)nc2cccnc21. The number of rotatable bonds is 1. The fourth-order valence-electron chi connectivity index (χ4n) is 2.18. The third-order valence-corrected chi connectivity index (χ3v) is 3.06. The highest BCUT2D eigenvalue weighted by molar-refractivity contribution is 5.74. The van der Waals surface area contributed by atoms with Gasteiger partial charge in [0.15, 0.2) is 5.65 Å². The monoisotopic (exact) mass is 238 g/mol. The van der Waals surface area contributed by atoms with Crippen LogP contribution in [0, 0.1) is 13.8 Å². The molecule has 4 nitrogen and oxygen atoms in total. The van der Waals surface area contributed by atoms with Gasteiger partial charge in [0.2, 0.25) is 0 Å². The second kappa shape index (κ2) is 3.84. The van der Waals surface area contributed by atoms with Crippen LogP contribution in [-0.2, 0) is 0 Å². The van der Waals surface area contributed by atoms with E-state index in [1.54, 1.807) is 6.20 Å². The van der Waals surface area contributed by atoms with Gasteiger partial charge in [-0.2, -0.15) is 0 Å². The van der Waals surface area contributed by atoms with E-state index in [2.05, 4.69) is 16.9 Å². The molecule has 0 fully saturated rings. The van der Waals surface area contributed by atoms with Crippen LogP contribution >= 0.6 is 0 Å². The fourth-order valence-corrected chi connectivity index (χ4v) is 2.18. The van der Waals surface area contributed by atoms with Gasteiger partial charge in [-0.15, -0.1) is 0 Å². The van der Waals surface area contributed by atoms with Crippen molar-refractivity contribution in [2.45, 2.75) is 13.8 Å². The van der Waals surface area contributed by atoms with E-state index < -0.39 is 0 Å². The molecule has 0 unspecified atom stereocenters. The van der Waals surface area contributed by atoms with Crippen molar-refractivity contribution in [3.05, 3.63) is 47.9 Å². The summed E-state index contributed by atoms with van der Waals surface area (Å²) in [6.07, 6.45) is 1.78. The van der Waals surface area contributed by atoms with Gasteiger partial charge in [0.1, 0.15) is 11.3 Å². The zero-order valence-corrected chi connectivity index (χ0v) is 10.4. The first kappa shape index (κ1) is 10.8. The lowest BCUT2D eigenvalue weighted by Crippen LogP contribution is -2.01. The number of pyridine rings is 1. The van der Waals surface area contributed by atoms with Gasteiger partial charge in [-0.3, -0.25) is 4.57 Å². The number of nitrogens with two attached hydrogens (primary N) is 1. The Morgan fingerprint density at radius 1 is 1.17 bits per heavy atom. The zero-order valence-electron chi connectivity index (χ0n) is 10.4. The molecular formula is C14H14N4. The molecule has 3 rings (SSSR count). The summed E-state index contributed by atoms with van der Waals surface area (Å²) in [6, 6.07) is 9.73. The maximum absolute atomic E-state index is 5.87. The molecule has 0 spiro atoms. The second-order valence-corrected chi connectivity index (χ2v) is 4.39. The van der Waals surface area contributed by atoms with Crippen LogP contribution in [0.1, 0.15) is 11.4 Å². The molecule has 2 heterocycles. The molecule has 90 valence electrons. The molecule has 0 aliphatic heterocycles. The van der Waals surface area contributed by atoms with Crippen molar-refractivity contribution in [1.29, 1.82) is 0 Å². The minimum absolute atomic E-state index is 0.743. The highest BCUT2D eigenvalue weighted by Crippen LogP contribution is 2.23. The van der Waals surface area contributed by atoms with Gasteiger partial charge in [-0.1, -0.05) is 6.07 Å². The molecule has 0 atom stereocenters. The molecule has 0 aliphatic carbocycles. The van der Waals surface area contributed by atoms with Crippen molar-refractivity contribution < 1.29 is 0 Å². The van der Waals surface area contributed by atoms with Gasteiger partial charge in [0.25, 0.3) is 0 Å². The molecular weight excluding hydrogens is 224 g/mol. The number of nitrogen functional groups attached to an aromatic ring is 1. The van der Waals surface area contributed by atoms with Crippen LogP contribution in [0.15, 0.2) is 36.5 Å². The topological polar surface area (TPSA) is 56.7 Å². The molecule has 18 heavy (non-hydrogen) atoms. The van der Waals surface area contributed by atoms with Crippen LogP contribution < -0.4 is 5.73 Å². The van der Waals surface area contributed by atoms with Gasteiger partial charge in [0.05, 0.1) is 5.69 Å². The molecule has 2 aromatic heterocycles. The summed E-state index contributed by atoms with van der Waals surface area (Å²) < 4.78 is 2.04.